The van der Waals surface area contributed by atoms with Crippen LogP contribution in [0, 0.1) is 0 Å². The van der Waals surface area contributed by atoms with Gasteiger partial charge in [0.1, 0.15) is 0 Å². The Morgan fingerprint density at radius 2 is 1.81 bits per heavy atom. The van der Waals surface area contributed by atoms with Crippen LogP contribution in [0.5, 0.6) is 0 Å². The summed E-state index contributed by atoms with van der Waals surface area (Å²) < 4.78 is 43.9. The molecule has 140 valence electrons. The summed E-state index contributed by atoms with van der Waals surface area (Å²) in [5, 5.41) is 14.7. The van der Waals surface area contributed by atoms with E-state index in [-0.39, 0.29) is 6.04 Å². The fraction of sp³-hybridized carbons (Fsp3) is 0.263. The lowest BCUT2D eigenvalue weighted by Crippen LogP contribution is -2.12. The monoisotopic (exact) mass is 374 g/mol. The summed E-state index contributed by atoms with van der Waals surface area (Å²) in [5.41, 5.74) is 1.21. The molecule has 3 aromatic rings. The lowest BCUT2D eigenvalue weighted by molar-refractivity contribution is -0.137. The highest BCUT2D eigenvalue weighted by Crippen LogP contribution is 2.33. The summed E-state index contributed by atoms with van der Waals surface area (Å²) in [5.74, 6) is 0.917. The smallest absolute Gasteiger partial charge is 0.416 e. The highest BCUT2D eigenvalue weighted by atomic mass is 19.4. The number of nitrogens with zero attached hydrogens (tertiary/aromatic N) is 2. The van der Waals surface area contributed by atoms with Crippen molar-refractivity contribution in [2.75, 3.05) is 11.9 Å². The minimum Gasteiger partial charge on any atom is -0.419 e. The molecule has 8 heteroatoms. The highest BCUT2D eigenvalue weighted by Gasteiger charge is 2.30. The first kappa shape index (κ1) is 17.5. The molecule has 27 heavy (non-hydrogen) atoms. The second-order valence-electron chi connectivity index (χ2n) is 6.34. The lowest BCUT2D eigenvalue weighted by Gasteiger charge is -2.11. The molecule has 5 nitrogen and oxygen atoms in total. The molecule has 1 saturated heterocycles. The molecule has 0 aliphatic carbocycles. The van der Waals surface area contributed by atoms with Gasteiger partial charge in [0.15, 0.2) is 0 Å². The van der Waals surface area contributed by atoms with Crippen LogP contribution in [0.15, 0.2) is 52.9 Å². The van der Waals surface area contributed by atoms with Crippen LogP contribution in [0.3, 0.4) is 0 Å². The lowest BCUT2D eigenvalue weighted by atomic mass is 10.1. The summed E-state index contributed by atoms with van der Waals surface area (Å²) in [7, 11) is 0. The first-order chi connectivity index (χ1) is 13.0. The van der Waals surface area contributed by atoms with Gasteiger partial charge >= 0.3 is 6.18 Å². The molecule has 1 atom stereocenters. The molecule has 0 saturated carbocycles. The average molecular weight is 374 g/mol. The normalized spacial score (nSPS) is 17.2. The maximum absolute atomic E-state index is 12.7. The molecule has 2 heterocycles. The van der Waals surface area contributed by atoms with Gasteiger partial charge in [0.05, 0.1) is 22.9 Å². The van der Waals surface area contributed by atoms with Gasteiger partial charge in [-0.2, -0.15) is 13.2 Å². The number of benzene rings is 2. The van der Waals surface area contributed by atoms with Crippen LogP contribution in [0.2, 0.25) is 0 Å². The highest BCUT2D eigenvalue weighted by molar-refractivity contribution is 5.76. The number of para-hydroxylation sites is 1. The molecule has 1 fully saturated rings. The van der Waals surface area contributed by atoms with Gasteiger partial charge in [-0.3, -0.25) is 0 Å². The molecule has 4 rings (SSSR count). The minimum atomic E-state index is -4.36. The van der Waals surface area contributed by atoms with E-state index >= 15 is 0 Å². The van der Waals surface area contributed by atoms with Crippen molar-refractivity contribution in [1.29, 1.82) is 0 Å². The van der Waals surface area contributed by atoms with E-state index in [0.717, 1.165) is 31.5 Å². The molecule has 1 aliphatic rings. The molecule has 0 spiro atoms. The Balaban J connectivity index is 1.58. The van der Waals surface area contributed by atoms with Gasteiger partial charge < -0.3 is 15.1 Å². The number of anilines is 2. The summed E-state index contributed by atoms with van der Waals surface area (Å²) >= 11 is 0. The standard InChI is InChI=1S/C19H17F3N4O/c20-19(21,22)12-7-9-13(10-8-12)24-15-5-2-1-4-14(15)17-25-26-18(27-17)16-6-3-11-23-16/h1-2,4-5,7-10,16,23-24H,3,6,11H2. The van der Waals surface area contributed by atoms with E-state index in [4.69, 9.17) is 4.42 Å². The third-order valence-corrected chi connectivity index (χ3v) is 4.45. The minimum absolute atomic E-state index is 0.0706. The number of alkyl halides is 3. The topological polar surface area (TPSA) is 63.0 Å². The van der Waals surface area contributed by atoms with E-state index in [1.54, 1.807) is 0 Å². The van der Waals surface area contributed by atoms with Gasteiger partial charge in [0, 0.05) is 5.69 Å². The van der Waals surface area contributed by atoms with E-state index in [2.05, 4.69) is 20.8 Å². The molecule has 0 amide bonds. The van der Waals surface area contributed by atoms with Gasteiger partial charge in [-0.25, -0.2) is 0 Å². The van der Waals surface area contributed by atoms with Gasteiger partial charge in [-0.15, -0.1) is 10.2 Å². The van der Waals surface area contributed by atoms with Crippen LogP contribution in [0.1, 0.15) is 30.3 Å². The van der Waals surface area contributed by atoms with Crippen LogP contribution >= 0.6 is 0 Å². The molecular weight excluding hydrogens is 357 g/mol. The van der Waals surface area contributed by atoms with E-state index in [9.17, 15) is 13.2 Å². The summed E-state index contributed by atoms with van der Waals surface area (Å²) in [6.07, 6.45) is -2.34. The average Bonchev–Trinajstić information content (AvgIpc) is 3.34. The fourth-order valence-electron chi connectivity index (χ4n) is 3.06. The third-order valence-electron chi connectivity index (χ3n) is 4.45. The van der Waals surface area contributed by atoms with Crippen molar-refractivity contribution in [3.8, 4) is 11.5 Å². The SMILES string of the molecule is FC(F)(F)c1ccc(Nc2ccccc2-c2nnc(C3CCCN3)o2)cc1. The zero-order chi connectivity index (χ0) is 18.9. The Kier molecular flexibility index (Phi) is 4.57. The predicted molar refractivity (Wildman–Crippen MR) is 94.4 cm³/mol. The number of nitrogens with one attached hydrogen (secondary N) is 2. The first-order valence-corrected chi connectivity index (χ1v) is 8.61. The maximum atomic E-state index is 12.7. The van der Waals surface area contributed by atoms with Crippen LogP contribution in [-0.4, -0.2) is 16.7 Å². The van der Waals surface area contributed by atoms with Crippen molar-refractivity contribution in [3.63, 3.8) is 0 Å². The van der Waals surface area contributed by atoms with E-state index in [1.165, 1.54) is 12.1 Å². The van der Waals surface area contributed by atoms with Crippen molar-refractivity contribution in [2.24, 2.45) is 0 Å². The summed E-state index contributed by atoms with van der Waals surface area (Å²) in [4.78, 5) is 0. The van der Waals surface area contributed by atoms with Gasteiger partial charge in [0.25, 0.3) is 0 Å². The van der Waals surface area contributed by atoms with Crippen molar-refractivity contribution >= 4 is 11.4 Å². The third kappa shape index (κ3) is 3.80. The molecule has 1 unspecified atom stereocenters. The largest absolute Gasteiger partial charge is 0.419 e. The van der Waals surface area contributed by atoms with Crippen LogP contribution in [0.4, 0.5) is 24.5 Å². The zero-order valence-electron chi connectivity index (χ0n) is 14.3. The first-order valence-electron chi connectivity index (χ1n) is 8.61. The van der Waals surface area contributed by atoms with Crippen LogP contribution in [0.25, 0.3) is 11.5 Å². The number of hydrogen-bond acceptors (Lipinski definition) is 5. The predicted octanol–water partition coefficient (Wildman–Crippen LogP) is 4.92. The summed E-state index contributed by atoms with van der Waals surface area (Å²) in [6, 6.07) is 12.2. The Morgan fingerprint density at radius 3 is 2.52 bits per heavy atom. The summed E-state index contributed by atoms with van der Waals surface area (Å²) in [6.45, 7) is 0.925. The number of aromatic nitrogens is 2. The number of rotatable bonds is 4. The number of halogens is 3. The maximum Gasteiger partial charge on any atom is 0.416 e. The molecular formula is C19H17F3N4O. The van der Waals surface area contributed by atoms with Gasteiger partial charge in [-0.1, -0.05) is 12.1 Å². The van der Waals surface area contributed by atoms with Crippen molar-refractivity contribution in [3.05, 3.63) is 60.0 Å². The van der Waals surface area contributed by atoms with Crippen molar-refractivity contribution in [2.45, 2.75) is 25.1 Å². The van der Waals surface area contributed by atoms with Crippen molar-refractivity contribution in [1.82, 2.24) is 15.5 Å². The molecule has 1 aromatic heterocycles. The quantitative estimate of drug-likeness (QED) is 0.678. The van der Waals surface area contributed by atoms with Crippen LogP contribution < -0.4 is 10.6 Å². The fourth-order valence-corrected chi connectivity index (χ4v) is 3.06. The van der Waals surface area contributed by atoms with E-state index < -0.39 is 11.7 Å². The second kappa shape index (κ2) is 7.03. The Bertz CT molecular complexity index is 915. The Hall–Kier alpha value is -2.87. The van der Waals surface area contributed by atoms with E-state index in [0.29, 0.717) is 28.7 Å². The second-order valence-corrected chi connectivity index (χ2v) is 6.34. The van der Waals surface area contributed by atoms with Gasteiger partial charge in [-0.05, 0) is 55.8 Å². The Morgan fingerprint density at radius 1 is 1.04 bits per heavy atom. The van der Waals surface area contributed by atoms with Crippen molar-refractivity contribution < 1.29 is 17.6 Å². The van der Waals surface area contributed by atoms with Gasteiger partial charge in [0.2, 0.25) is 11.8 Å². The molecule has 1 aliphatic heterocycles. The molecule has 0 radical (unpaired) electrons. The molecule has 2 N–H and O–H groups in total. The molecule has 0 bridgehead atoms. The van der Waals surface area contributed by atoms with Crippen LogP contribution in [-0.2, 0) is 6.18 Å². The zero-order valence-corrected chi connectivity index (χ0v) is 14.3. The molecule has 2 aromatic carbocycles. The number of hydrogen-bond donors (Lipinski definition) is 2. The Labute approximate surface area is 153 Å². The van der Waals surface area contributed by atoms with E-state index in [1.807, 2.05) is 24.3 Å².